The monoisotopic (exact) mass is 254 g/mol. The van der Waals surface area contributed by atoms with Crippen LogP contribution in [0.5, 0.6) is 0 Å². The molecule has 18 heavy (non-hydrogen) atoms. The van der Waals surface area contributed by atoms with E-state index in [0.717, 1.165) is 25.5 Å². The minimum atomic E-state index is -0.543. The molecule has 1 saturated heterocycles. The maximum Gasteiger partial charge on any atom is 0.130 e. The third kappa shape index (κ3) is 2.70. The molecule has 1 heterocycles. The van der Waals surface area contributed by atoms with Gasteiger partial charge in [-0.2, -0.15) is 0 Å². The molecule has 2 rings (SSSR count). The number of halogens is 2. The Labute approximate surface area is 107 Å². The largest absolute Gasteiger partial charge is 0.329 e. The van der Waals surface area contributed by atoms with Crippen LogP contribution in [-0.2, 0) is 0 Å². The zero-order valence-corrected chi connectivity index (χ0v) is 10.7. The Bertz CT molecular complexity index is 409. The first-order valence-electron chi connectivity index (χ1n) is 6.54. The maximum absolute atomic E-state index is 13.8. The van der Waals surface area contributed by atoms with Gasteiger partial charge in [0.2, 0.25) is 0 Å². The lowest BCUT2D eigenvalue weighted by Crippen LogP contribution is -2.43. The van der Waals surface area contributed by atoms with Crippen LogP contribution in [-0.4, -0.2) is 24.0 Å². The van der Waals surface area contributed by atoms with Crippen molar-refractivity contribution in [1.82, 2.24) is 4.90 Å². The molecule has 1 aliphatic heterocycles. The van der Waals surface area contributed by atoms with Crippen molar-refractivity contribution in [2.45, 2.75) is 38.3 Å². The van der Waals surface area contributed by atoms with Crippen molar-refractivity contribution < 1.29 is 8.78 Å². The van der Waals surface area contributed by atoms with Gasteiger partial charge in [-0.3, -0.25) is 4.90 Å². The van der Waals surface area contributed by atoms with Crippen LogP contribution in [0.15, 0.2) is 18.2 Å². The Kier molecular flexibility index (Phi) is 4.30. The van der Waals surface area contributed by atoms with E-state index < -0.39 is 11.6 Å². The minimum absolute atomic E-state index is 0.152. The van der Waals surface area contributed by atoms with Gasteiger partial charge in [-0.15, -0.1) is 0 Å². The highest BCUT2D eigenvalue weighted by Crippen LogP contribution is 2.29. The quantitative estimate of drug-likeness (QED) is 0.898. The fourth-order valence-corrected chi connectivity index (χ4v) is 2.80. The van der Waals surface area contributed by atoms with Crippen LogP contribution < -0.4 is 5.73 Å². The molecule has 2 nitrogen and oxygen atoms in total. The summed E-state index contributed by atoms with van der Waals surface area (Å²) in [7, 11) is 0. The van der Waals surface area contributed by atoms with E-state index >= 15 is 0 Å². The Morgan fingerprint density at radius 3 is 2.78 bits per heavy atom. The summed E-state index contributed by atoms with van der Waals surface area (Å²) in [5, 5.41) is 0. The Morgan fingerprint density at radius 1 is 1.39 bits per heavy atom. The van der Waals surface area contributed by atoms with Crippen LogP contribution in [0.1, 0.15) is 37.8 Å². The predicted molar refractivity (Wildman–Crippen MR) is 68.2 cm³/mol. The average molecular weight is 254 g/mol. The van der Waals surface area contributed by atoms with Crippen LogP contribution in [0.25, 0.3) is 0 Å². The summed E-state index contributed by atoms with van der Waals surface area (Å²) < 4.78 is 26.8. The molecule has 1 aromatic rings. The van der Waals surface area contributed by atoms with Crippen molar-refractivity contribution in [3.8, 4) is 0 Å². The lowest BCUT2D eigenvalue weighted by atomic mass is 9.97. The smallest absolute Gasteiger partial charge is 0.130 e. The fraction of sp³-hybridized carbons (Fsp3) is 0.571. The van der Waals surface area contributed by atoms with Crippen LogP contribution in [0.3, 0.4) is 0 Å². The van der Waals surface area contributed by atoms with E-state index in [0.29, 0.717) is 18.2 Å². The maximum atomic E-state index is 13.8. The van der Waals surface area contributed by atoms with E-state index in [1.54, 1.807) is 0 Å². The van der Waals surface area contributed by atoms with Crippen molar-refractivity contribution in [3.63, 3.8) is 0 Å². The normalized spacial score (nSPS) is 23.0. The SMILES string of the molecule is CC1CCCCN1C(CN)c1ccc(F)cc1F. The third-order valence-corrected chi connectivity index (χ3v) is 3.80. The molecule has 4 heteroatoms. The highest BCUT2D eigenvalue weighted by atomic mass is 19.1. The van der Waals surface area contributed by atoms with Gasteiger partial charge >= 0.3 is 0 Å². The molecule has 0 bridgehead atoms. The molecular weight excluding hydrogens is 234 g/mol. The molecule has 2 atom stereocenters. The number of likely N-dealkylation sites (tertiary alicyclic amines) is 1. The van der Waals surface area contributed by atoms with Crippen LogP contribution in [0, 0.1) is 11.6 Å². The van der Waals surface area contributed by atoms with Crippen LogP contribution in [0.2, 0.25) is 0 Å². The molecule has 0 amide bonds. The summed E-state index contributed by atoms with van der Waals surface area (Å²) in [6, 6.07) is 4.00. The van der Waals surface area contributed by atoms with Gasteiger partial charge in [0.15, 0.2) is 0 Å². The second kappa shape index (κ2) is 5.76. The van der Waals surface area contributed by atoms with Gasteiger partial charge in [-0.05, 0) is 32.4 Å². The summed E-state index contributed by atoms with van der Waals surface area (Å²) >= 11 is 0. The summed E-state index contributed by atoms with van der Waals surface area (Å²) in [5.41, 5.74) is 6.31. The van der Waals surface area contributed by atoms with E-state index in [4.69, 9.17) is 5.73 Å². The standard InChI is InChI=1S/C14H20F2N2/c1-10-4-2-3-7-18(10)14(9-17)12-6-5-11(15)8-13(12)16/h5-6,8,10,14H,2-4,7,9,17H2,1H3. The number of rotatable bonds is 3. The van der Waals surface area contributed by atoms with Gasteiger partial charge in [0.25, 0.3) is 0 Å². The van der Waals surface area contributed by atoms with Gasteiger partial charge in [-0.1, -0.05) is 12.5 Å². The van der Waals surface area contributed by atoms with Crippen molar-refractivity contribution in [3.05, 3.63) is 35.4 Å². The second-order valence-corrected chi connectivity index (χ2v) is 5.00. The first kappa shape index (κ1) is 13.4. The molecule has 1 fully saturated rings. The number of benzene rings is 1. The van der Waals surface area contributed by atoms with Crippen molar-refractivity contribution in [2.75, 3.05) is 13.1 Å². The summed E-state index contributed by atoms with van der Waals surface area (Å²) in [4.78, 5) is 2.24. The average Bonchev–Trinajstić information content (AvgIpc) is 2.34. The van der Waals surface area contributed by atoms with Gasteiger partial charge in [0, 0.05) is 24.2 Å². The third-order valence-electron chi connectivity index (χ3n) is 3.80. The molecule has 0 aliphatic carbocycles. The van der Waals surface area contributed by atoms with Crippen molar-refractivity contribution in [1.29, 1.82) is 0 Å². The summed E-state index contributed by atoms with van der Waals surface area (Å²) in [6.45, 7) is 3.43. The number of nitrogens with two attached hydrogens (primary N) is 1. The van der Waals surface area contributed by atoms with Gasteiger partial charge in [0.05, 0.1) is 6.04 Å². The molecule has 0 spiro atoms. The van der Waals surface area contributed by atoms with Crippen LogP contribution in [0.4, 0.5) is 8.78 Å². The number of hydrogen-bond acceptors (Lipinski definition) is 2. The fourth-order valence-electron chi connectivity index (χ4n) is 2.80. The first-order valence-corrected chi connectivity index (χ1v) is 6.54. The van der Waals surface area contributed by atoms with Gasteiger partial charge < -0.3 is 5.73 Å². The molecule has 1 aromatic carbocycles. The zero-order chi connectivity index (χ0) is 13.1. The van der Waals surface area contributed by atoms with E-state index in [-0.39, 0.29) is 6.04 Å². The second-order valence-electron chi connectivity index (χ2n) is 5.00. The number of nitrogens with zero attached hydrogens (tertiary/aromatic N) is 1. The molecular formula is C14H20F2N2. The number of hydrogen-bond donors (Lipinski definition) is 1. The molecule has 0 saturated carbocycles. The molecule has 0 aromatic heterocycles. The first-order chi connectivity index (χ1) is 8.63. The van der Waals surface area contributed by atoms with E-state index in [1.165, 1.54) is 18.6 Å². The number of piperidine rings is 1. The summed E-state index contributed by atoms with van der Waals surface area (Å²) in [5.74, 6) is -1.04. The Balaban J connectivity index is 2.26. The topological polar surface area (TPSA) is 29.3 Å². The minimum Gasteiger partial charge on any atom is -0.329 e. The highest BCUT2D eigenvalue weighted by Gasteiger charge is 2.28. The molecule has 2 N–H and O–H groups in total. The van der Waals surface area contributed by atoms with E-state index in [2.05, 4.69) is 11.8 Å². The van der Waals surface area contributed by atoms with Crippen LogP contribution >= 0.6 is 0 Å². The van der Waals surface area contributed by atoms with Crippen molar-refractivity contribution >= 4 is 0 Å². The van der Waals surface area contributed by atoms with Gasteiger partial charge in [-0.25, -0.2) is 8.78 Å². The lowest BCUT2D eigenvalue weighted by molar-refractivity contribution is 0.107. The van der Waals surface area contributed by atoms with Crippen molar-refractivity contribution in [2.24, 2.45) is 5.73 Å². The van der Waals surface area contributed by atoms with E-state index in [9.17, 15) is 8.78 Å². The Hall–Kier alpha value is -1.00. The zero-order valence-electron chi connectivity index (χ0n) is 10.7. The molecule has 2 unspecified atom stereocenters. The van der Waals surface area contributed by atoms with Gasteiger partial charge in [0.1, 0.15) is 11.6 Å². The molecule has 100 valence electrons. The molecule has 0 radical (unpaired) electrons. The Morgan fingerprint density at radius 2 is 2.17 bits per heavy atom. The molecule has 1 aliphatic rings. The summed E-state index contributed by atoms with van der Waals surface area (Å²) in [6.07, 6.45) is 3.43. The van der Waals surface area contributed by atoms with E-state index in [1.807, 2.05) is 0 Å². The lowest BCUT2D eigenvalue weighted by Gasteiger charge is -2.39. The predicted octanol–water partition coefficient (Wildman–Crippen LogP) is 2.84. The highest BCUT2D eigenvalue weighted by molar-refractivity contribution is 5.23.